The summed E-state index contributed by atoms with van der Waals surface area (Å²) in [5.41, 5.74) is 1.57. The first-order valence-electron chi connectivity index (χ1n) is 8.84. The molecule has 140 valence electrons. The number of rotatable bonds is 5. The summed E-state index contributed by atoms with van der Waals surface area (Å²) in [5.74, 6) is 1.67. The fraction of sp³-hybridized carbons (Fsp3) is 0.300. The van der Waals surface area contributed by atoms with Crippen molar-refractivity contribution >= 4 is 17.5 Å². The molecule has 0 spiro atoms. The van der Waals surface area contributed by atoms with Crippen molar-refractivity contribution < 1.29 is 23.8 Å². The number of benzene rings is 2. The fourth-order valence-electron chi connectivity index (χ4n) is 3.20. The number of likely N-dealkylation sites (N-methyl/N-ethyl adjacent to an activating group) is 1. The van der Waals surface area contributed by atoms with Gasteiger partial charge in [0.05, 0.1) is 5.69 Å². The van der Waals surface area contributed by atoms with Crippen LogP contribution in [0.4, 0.5) is 5.69 Å². The van der Waals surface area contributed by atoms with Crippen LogP contribution >= 0.6 is 0 Å². The number of para-hydroxylation sites is 2. The summed E-state index contributed by atoms with van der Waals surface area (Å²) >= 11 is 0. The molecule has 0 bridgehead atoms. The van der Waals surface area contributed by atoms with Gasteiger partial charge in [-0.05, 0) is 36.8 Å². The average molecular weight is 368 g/mol. The molecule has 7 nitrogen and oxygen atoms in total. The monoisotopic (exact) mass is 368 g/mol. The summed E-state index contributed by atoms with van der Waals surface area (Å²) in [6.07, 6.45) is 0. The molecule has 2 amide bonds. The molecule has 7 heteroatoms. The molecule has 0 saturated heterocycles. The van der Waals surface area contributed by atoms with E-state index in [9.17, 15) is 9.59 Å². The van der Waals surface area contributed by atoms with Crippen LogP contribution in [-0.2, 0) is 16.1 Å². The normalized spacial score (nSPS) is 14.6. The van der Waals surface area contributed by atoms with Crippen LogP contribution in [0.3, 0.4) is 0 Å². The Kier molecular flexibility index (Phi) is 4.58. The molecule has 0 aliphatic carbocycles. The Balaban J connectivity index is 1.49. The lowest BCUT2D eigenvalue weighted by Gasteiger charge is -2.31. The minimum atomic E-state index is -0.221. The maximum atomic E-state index is 12.9. The number of amides is 2. The first-order valence-corrected chi connectivity index (χ1v) is 8.84. The maximum Gasteiger partial charge on any atom is 0.265 e. The first-order chi connectivity index (χ1) is 13.2. The molecule has 0 atom stereocenters. The van der Waals surface area contributed by atoms with Crippen LogP contribution in [0, 0.1) is 0 Å². The molecular formula is C20H20N2O5. The van der Waals surface area contributed by atoms with E-state index in [-0.39, 0.29) is 31.8 Å². The van der Waals surface area contributed by atoms with Crippen molar-refractivity contribution in [3.05, 3.63) is 48.0 Å². The van der Waals surface area contributed by atoms with Gasteiger partial charge in [-0.25, -0.2) is 0 Å². The number of hydrogen-bond donors (Lipinski definition) is 0. The highest BCUT2D eigenvalue weighted by Crippen LogP contribution is 2.33. The lowest BCUT2D eigenvalue weighted by Crippen LogP contribution is -2.46. The van der Waals surface area contributed by atoms with E-state index in [0.29, 0.717) is 36.0 Å². The molecule has 27 heavy (non-hydrogen) atoms. The van der Waals surface area contributed by atoms with Crippen LogP contribution < -0.4 is 19.1 Å². The van der Waals surface area contributed by atoms with Crippen molar-refractivity contribution in [2.24, 2.45) is 0 Å². The highest BCUT2D eigenvalue weighted by Gasteiger charge is 2.28. The highest BCUT2D eigenvalue weighted by atomic mass is 16.7. The molecule has 2 heterocycles. The summed E-state index contributed by atoms with van der Waals surface area (Å²) in [7, 11) is 0. The highest BCUT2D eigenvalue weighted by molar-refractivity contribution is 6.02. The largest absolute Gasteiger partial charge is 0.482 e. The van der Waals surface area contributed by atoms with Crippen molar-refractivity contribution in [1.82, 2.24) is 4.90 Å². The van der Waals surface area contributed by atoms with Crippen LogP contribution in [0.15, 0.2) is 42.5 Å². The Morgan fingerprint density at radius 3 is 2.74 bits per heavy atom. The van der Waals surface area contributed by atoms with Crippen LogP contribution in [0.25, 0.3) is 0 Å². The van der Waals surface area contributed by atoms with Gasteiger partial charge in [0, 0.05) is 13.1 Å². The molecule has 0 N–H and O–H groups in total. The van der Waals surface area contributed by atoms with Gasteiger partial charge in [0.25, 0.3) is 5.91 Å². The Labute approximate surface area is 157 Å². The Morgan fingerprint density at radius 2 is 1.89 bits per heavy atom. The molecule has 0 unspecified atom stereocenters. The van der Waals surface area contributed by atoms with Gasteiger partial charge >= 0.3 is 0 Å². The van der Waals surface area contributed by atoms with Crippen LogP contribution in [0.2, 0.25) is 0 Å². The first kappa shape index (κ1) is 17.2. The number of carbonyl (C=O) groups is 2. The molecule has 0 aromatic heterocycles. The topological polar surface area (TPSA) is 68.3 Å². The van der Waals surface area contributed by atoms with Gasteiger partial charge in [0.2, 0.25) is 12.7 Å². The standard InChI is InChI=1S/C20H20N2O5/c1-2-21(10-14-7-8-17-18(9-14)27-13-26-17)19(23)11-22-15-5-3-4-6-16(15)25-12-20(22)24/h3-9H,2,10-13H2,1H3. The third-order valence-electron chi connectivity index (χ3n) is 4.65. The summed E-state index contributed by atoms with van der Waals surface area (Å²) in [5, 5.41) is 0. The lowest BCUT2D eigenvalue weighted by molar-refractivity contribution is -0.132. The molecule has 2 aromatic rings. The van der Waals surface area contributed by atoms with Gasteiger partial charge in [0.1, 0.15) is 12.3 Å². The van der Waals surface area contributed by atoms with Crippen molar-refractivity contribution in [1.29, 1.82) is 0 Å². The van der Waals surface area contributed by atoms with Gasteiger partial charge in [-0.3, -0.25) is 14.5 Å². The molecule has 0 fully saturated rings. The van der Waals surface area contributed by atoms with E-state index in [2.05, 4.69) is 0 Å². The zero-order valence-electron chi connectivity index (χ0n) is 15.0. The third-order valence-corrected chi connectivity index (χ3v) is 4.65. The molecule has 2 aliphatic heterocycles. The van der Waals surface area contributed by atoms with Gasteiger partial charge in [-0.1, -0.05) is 18.2 Å². The number of nitrogens with zero attached hydrogens (tertiary/aromatic N) is 2. The van der Waals surface area contributed by atoms with Gasteiger partial charge in [-0.15, -0.1) is 0 Å². The fourth-order valence-corrected chi connectivity index (χ4v) is 3.20. The van der Waals surface area contributed by atoms with Crippen molar-refractivity contribution in [3.63, 3.8) is 0 Å². The van der Waals surface area contributed by atoms with E-state index < -0.39 is 0 Å². The summed E-state index contributed by atoms with van der Waals surface area (Å²) in [4.78, 5) is 28.4. The van der Waals surface area contributed by atoms with Crippen molar-refractivity contribution in [3.8, 4) is 17.2 Å². The molecule has 4 rings (SSSR count). The van der Waals surface area contributed by atoms with E-state index in [1.165, 1.54) is 4.90 Å². The molecular weight excluding hydrogens is 348 g/mol. The second-order valence-corrected chi connectivity index (χ2v) is 6.33. The minimum absolute atomic E-state index is 0.0163. The average Bonchev–Trinajstić information content (AvgIpc) is 3.16. The number of carbonyl (C=O) groups excluding carboxylic acids is 2. The third kappa shape index (κ3) is 3.40. The van der Waals surface area contributed by atoms with Crippen LogP contribution in [0.1, 0.15) is 12.5 Å². The molecule has 0 radical (unpaired) electrons. The van der Waals surface area contributed by atoms with Crippen LogP contribution in [-0.4, -0.2) is 43.2 Å². The lowest BCUT2D eigenvalue weighted by atomic mass is 10.2. The quantitative estimate of drug-likeness (QED) is 0.809. The van der Waals surface area contributed by atoms with E-state index >= 15 is 0 Å². The van der Waals surface area contributed by atoms with Crippen LogP contribution in [0.5, 0.6) is 17.2 Å². The summed E-state index contributed by atoms with van der Waals surface area (Å²) < 4.78 is 16.1. The summed E-state index contributed by atoms with van der Waals surface area (Å²) in [6, 6.07) is 12.9. The molecule has 2 aliphatic rings. The van der Waals surface area contributed by atoms with Gasteiger partial charge in [0.15, 0.2) is 18.1 Å². The Bertz CT molecular complexity index is 882. The van der Waals surface area contributed by atoms with Gasteiger partial charge in [-0.2, -0.15) is 0 Å². The predicted octanol–water partition coefficient (Wildman–Crippen LogP) is 2.19. The van der Waals surface area contributed by atoms with Crippen molar-refractivity contribution in [2.75, 3.05) is 31.4 Å². The smallest absolute Gasteiger partial charge is 0.265 e. The SMILES string of the molecule is CCN(Cc1ccc2c(c1)OCO2)C(=O)CN1C(=O)COc2ccccc21. The second-order valence-electron chi connectivity index (χ2n) is 6.33. The molecule has 0 saturated carbocycles. The van der Waals surface area contributed by atoms with E-state index in [1.54, 1.807) is 17.0 Å². The maximum absolute atomic E-state index is 12.9. The van der Waals surface area contributed by atoms with E-state index in [1.807, 2.05) is 37.3 Å². The second kappa shape index (κ2) is 7.19. The zero-order chi connectivity index (χ0) is 18.8. The Hall–Kier alpha value is -3.22. The molecule has 2 aromatic carbocycles. The van der Waals surface area contributed by atoms with E-state index in [0.717, 1.165) is 5.56 Å². The number of ether oxygens (including phenoxy) is 3. The van der Waals surface area contributed by atoms with Crippen molar-refractivity contribution in [2.45, 2.75) is 13.5 Å². The number of hydrogen-bond acceptors (Lipinski definition) is 5. The summed E-state index contributed by atoms with van der Waals surface area (Å²) in [6.45, 7) is 3.03. The van der Waals surface area contributed by atoms with E-state index in [4.69, 9.17) is 14.2 Å². The minimum Gasteiger partial charge on any atom is -0.482 e. The zero-order valence-corrected chi connectivity index (χ0v) is 15.0. The number of fused-ring (bicyclic) bond motifs is 2. The predicted molar refractivity (Wildman–Crippen MR) is 97.9 cm³/mol. The number of anilines is 1. The Morgan fingerprint density at radius 1 is 1.07 bits per heavy atom. The van der Waals surface area contributed by atoms with Gasteiger partial charge < -0.3 is 19.1 Å².